The summed E-state index contributed by atoms with van der Waals surface area (Å²) >= 11 is 13.2. The Morgan fingerprint density at radius 1 is 0.516 bits per heavy atom. The fourth-order valence-corrected chi connectivity index (χ4v) is 11.5. The van der Waals surface area contributed by atoms with Crippen LogP contribution in [0.15, 0.2) is 121 Å². The zero-order valence-electron chi connectivity index (χ0n) is 49.2. The van der Waals surface area contributed by atoms with Gasteiger partial charge in [-0.2, -0.15) is 9.97 Å². The number of carboxylic acid groups (broad SMARTS) is 1. The van der Waals surface area contributed by atoms with Crippen LogP contribution in [-0.2, 0) is 18.9 Å². The third kappa shape index (κ3) is 15.8. The minimum atomic E-state index is -1.77. The number of rotatable bonds is 21. The van der Waals surface area contributed by atoms with Crippen LogP contribution in [0.3, 0.4) is 0 Å². The van der Waals surface area contributed by atoms with E-state index in [1.54, 1.807) is 54.6 Å². The number of aliphatic hydroxyl groups excluding tert-OH is 12. The molecule has 0 radical (unpaired) electrons. The van der Waals surface area contributed by atoms with Gasteiger partial charge in [-0.05, 0) is 81.9 Å². The van der Waals surface area contributed by atoms with Crippen molar-refractivity contribution >= 4 is 57.1 Å². The Balaban J connectivity index is 0.000000177. The van der Waals surface area contributed by atoms with Gasteiger partial charge in [0, 0.05) is 29.8 Å². The van der Waals surface area contributed by atoms with Crippen LogP contribution in [0.1, 0.15) is 20.7 Å². The summed E-state index contributed by atoms with van der Waals surface area (Å²) in [6.45, 7) is -1.02. The molecule has 4 saturated heterocycles. The number of benzene rings is 6. The third-order valence-electron chi connectivity index (χ3n) is 16.3. The number of imidazole rings is 2. The van der Waals surface area contributed by atoms with E-state index in [9.17, 15) is 40.2 Å². The first kappa shape index (κ1) is 68.6. The number of H-pyrrole nitrogens is 2. The molecule has 0 unspecified atom stereocenters. The van der Waals surface area contributed by atoms with E-state index in [2.05, 4.69) is 25.3 Å². The highest BCUT2D eigenvalue weighted by Gasteiger charge is 2.50. The molecule has 496 valence electrons. The number of hydrogen-bond acceptors (Lipinski definition) is 23. The van der Waals surface area contributed by atoms with Gasteiger partial charge in [0.15, 0.2) is 12.2 Å². The lowest BCUT2D eigenvalue weighted by Gasteiger charge is -2.25. The van der Waals surface area contributed by atoms with E-state index in [1.165, 1.54) is 0 Å². The monoisotopic (exact) mass is 1330 g/mol. The number of amides is 1. The summed E-state index contributed by atoms with van der Waals surface area (Å²) in [5, 5.41) is 125. The van der Waals surface area contributed by atoms with Gasteiger partial charge >= 0.3 is 5.97 Å². The van der Waals surface area contributed by atoms with Crippen LogP contribution in [0.2, 0.25) is 10.0 Å². The van der Waals surface area contributed by atoms with Crippen LogP contribution >= 0.6 is 23.2 Å². The number of carboxylic acids is 1. The molecular formula is C64H70Cl2N6O21. The molecule has 4 aliphatic heterocycles. The molecule has 0 bridgehead atoms. The van der Waals surface area contributed by atoms with E-state index in [4.69, 9.17) is 93.1 Å². The predicted octanol–water partition coefficient (Wildman–Crippen LogP) is 1.16. The second-order valence-electron chi connectivity index (χ2n) is 22.6. The summed E-state index contributed by atoms with van der Waals surface area (Å²) in [5.41, 5.74) is 15.4. The van der Waals surface area contributed by atoms with Crippen LogP contribution in [0, 0.1) is 0 Å². The van der Waals surface area contributed by atoms with Crippen molar-refractivity contribution in [2.75, 3.05) is 52.7 Å². The van der Waals surface area contributed by atoms with Crippen LogP contribution in [-0.4, -0.2) is 249 Å². The van der Waals surface area contributed by atoms with E-state index < -0.39 is 98.3 Å². The quantitative estimate of drug-likeness (QED) is 0.0480. The Bertz CT molecular complexity index is 3800. The Hall–Kier alpha value is -7.30. The lowest BCUT2D eigenvalue weighted by molar-refractivity contribution is -0.113. The molecule has 27 nitrogen and oxygen atoms in total. The molecule has 29 heteroatoms. The van der Waals surface area contributed by atoms with Gasteiger partial charge in [-0.3, -0.25) is 4.79 Å². The number of aromatic carboxylic acids is 1. The lowest BCUT2D eigenvalue weighted by Crippen LogP contribution is -2.49. The summed E-state index contributed by atoms with van der Waals surface area (Å²) in [7, 11) is 0. The second kappa shape index (κ2) is 30.4. The maximum atomic E-state index is 12.5. The Labute approximate surface area is 539 Å². The molecule has 12 rings (SSSR count). The molecule has 16 atom stereocenters. The smallest absolute Gasteiger partial charge is 0.335 e. The van der Waals surface area contributed by atoms with Crippen molar-refractivity contribution < 1.29 is 104 Å². The molecule has 2 aromatic heterocycles. The molecule has 0 spiro atoms. The van der Waals surface area contributed by atoms with Crippen molar-refractivity contribution in [3.63, 3.8) is 0 Å². The van der Waals surface area contributed by atoms with E-state index in [-0.39, 0.29) is 62.9 Å². The molecule has 0 aliphatic carbocycles. The average molecular weight is 1330 g/mol. The van der Waals surface area contributed by atoms with Crippen molar-refractivity contribution in [3.05, 3.63) is 142 Å². The van der Waals surface area contributed by atoms with Crippen LogP contribution in [0.4, 0.5) is 0 Å². The average Bonchev–Trinajstić information content (AvgIpc) is 1.73. The van der Waals surface area contributed by atoms with Gasteiger partial charge < -0.3 is 116 Å². The lowest BCUT2D eigenvalue weighted by atomic mass is 9.99. The summed E-state index contributed by atoms with van der Waals surface area (Å²) < 4.78 is 34.5. The number of aromatic amines is 2. The first-order valence-corrected chi connectivity index (χ1v) is 30.2. The second-order valence-corrected chi connectivity index (χ2v) is 23.4. The molecule has 18 N–H and O–H groups in total. The van der Waals surface area contributed by atoms with E-state index in [0.717, 1.165) is 50.0 Å². The number of halogens is 2. The summed E-state index contributed by atoms with van der Waals surface area (Å²) in [6, 6.07) is 37.2. The van der Waals surface area contributed by atoms with Gasteiger partial charge in [0.25, 0.3) is 17.9 Å². The van der Waals surface area contributed by atoms with Crippen molar-refractivity contribution in [2.45, 2.75) is 97.7 Å². The predicted molar refractivity (Wildman–Crippen MR) is 334 cm³/mol. The van der Waals surface area contributed by atoms with E-state index in [0.29, 0.717) is 50.8 Å². The Kier molecular flexibility index (Phi) is 22.4. The van der Waals surface area contributed by atoms with Gasteiger partial charge in [-0.25, -0.2) is 4.79 Å². The van der Waals surface area contributed by atoms with Crippen molar-refractivity contribution in [3.8, 4) is 56.5 Å². The first-order valence-electron chi connectivity index (χ1n) is 29.5. The zero-order chi connectivity index (χ0) is 66.4. The maximum Gasteiger partial charge on any atom is 0.335 e. The standard InChI is InChI=1S/C32H34ClN3O10.C26H21ClN2O6.C6H15NO5/c33-20-10-22-21(35-32(36-22)46-26-14-45-29-25(40)13-44-30(26)29)9-19(20)17-5-1-15(2-6-17)16-3-7-18(8-4-16)31(43)34-11-23(38)27(41)28(42)24(39)12-37;27-18-10-20-19(28-26(29-20)35-22-12-34-23-21(30)11-33-24(22)23)9-17(18)15-5-1-13(2-6-15)14-3-7-16(8-4-14)25(31)32;7-1-3(9)5(11)6(12)4(10)2-8/h1-10,23-30,37-42H,11-14H2,(H,34,43)(H,35,36);1-10,21-24,30H,11-12H2,(H,28,29)(H,31,32);3-6,8-12H,1-2,7H2/t23-,24+,25+,26+,27+,28+,29+,30+;21-,22-,23-,24-;3-,4+,5+,6+/m010/s1. The number of carbonyl (C=O) groups is 2. The number of nitrogens with two attached hydrogens (primary N) is 1. The minimum Gasteiger partial charge on any atom is -0.478 e. The number of hydrogen-bond donors (Lipinski definition) is 17. The summed E-state index contributed by atoms with van der Waals surface area (Å²) in [4.78, 5) is 39.0. The molecule has 4 aliphatic rings. The number of fused-ring (bicyclic) bond motifs is 4. The number of ether oxygens (including phenoxy) is 6. The Morgan fingerprint density at radius 3 is 1.26 bits per heavy atom. The van der Waals surface area contributed by atoms with Gasteiger partial charge in [0.05, 0.1) is 89.5 Å². The van der Waals surface area contributed by atoms with Crippen molar-refractivity contribution in [1.82, 2.24) is 25.3 Å². The highest BCUT2D eigenvalue weighted by Crippen LogP contribution is 2.38. The fraction of sp³-hybridized carbons (Fsp3) is 0.375. The molecular weight excluding hydrogens is 1260 g/mol. The van der Waals surface area contributed by atoms with Gasteiger partial charge in [0.2, 0.25) is 0 Å². The molecule has 93 heavy (non-hydrogen) atoms. The minimum absolute atomic E-state index is 0.210. The SMILES string of the molecule is NC[C@H](O)[C@@H](O)[C@H](O)[C@H](O)CO.O=C(NC[C@H](O)[C@@H](O)[C@H](O)[C@H](O)CO)c1ccc(-c2ccc(-c3cc4nc(O[C@@H]5CO[C@H]6[C@@H]5OC[C@H]6O)[nH]c4cc3Cl)cc2)cc1.O=C(O)c1ccc(-c2ccc(-c3cc4nc(O[C@@H]5CO[C@H]6[C@@H]5OC[C@H]6O)[nH]c4cc3Cl)cc2)cc1. The molecule has 6 aromatic carbocycles. The van der Waals surface area contributed by atoms with Crippen LogP contribution in [0.25, 0.3) is 66.6 Å². The Morgan fingerprint density at radius 2 is 0.871 bits per heavy atom. The largest absolute Gasteiger partial charge is 0.478 e. The molecule has 0 saturated carbocycles. The van der Waals surface area contributed by atoms with E-state index >= 15 is 0 Å². The number of nitrogens with one attached hydrogen (secondary N) is 3. The fourth-order valence-electron chi connectivity index (χ4n) is 10.9. The topological polar surface area (TPSA) is 448 Å². The van der Waals surface area contributed by atoms with Crippen molar-refractivity contribution in [2.24, 2.45) is 5.73 Å². The molecule has 4 fully saturated rings. The first-order chi connectivity index (χ1) is 44.6. The summed E-state index contributed by atoms with van der Waals surface area (Å²) in [5.74, 6) is -1.45. The number of aromatic nitrogens is 4. The van der Waals surface area contributed by atoms with Gasteiger partial charge in [0.1, 0.15) is 73.2 Å². The number of carbonyl (C=O) groups excluding carboxylic acids is 1. The molecule has 6 heterocycles. The third-order valence-corrected chi connectivity index (χ3v) is 16.9. The number of aliphatic hydroxyl groups is 12. The molecule has 8 aromatic rings. The van der Waals surface area contributed by atoms with Gasteiger partial charge in [-0.1, -0.05) is 96.0 Å². The van der Waals surface area contributed by atoms with E-state index in [1.807, 2.05) is 66.7 Å². The van der Waals surface area contributed by atoms with Crippen molar-refractivity contribution in [1.29, 1.82) is 0 Å². The van der Waals surface area contributed by atoms with Crippen LogP contribution in [0.5, 0.6) is 12.0 Å². The molecule has 1 amide bonds. The van der Waals surface area contributed by atoms with Gasteiger partial charge in [-0.15, -0.1) is 0 Å². The number of nitrogens with zero attached hydrogens (tertiary/aromatic N) is 2. The maximum absolute atomic E-state index is 12.5. The normalized spacial score (nSPS) is 23.3. The van der Waals surface area contributed by atoms with Crippen LogP contribution < -0.4 is 20.5 Å². The highest BCUT2D eigenvalue weighted by molar-refractivity contribution is 6.34. The zero-order valence-corrected chi connectivity index (χ0v) is 50.8. The summed E-state index contributed by atoms with van der Waals surface area (Å²) in [6.07, 6.45) is -16.1. The highest BCUT2D eigenvalue weighted by atomic mass is 35.5.